The van der Waals surface area contributed by atoms with E-state index in [0.29, 0.717) is 0 Å². The minimum Gasteiger partial charge on any atom is -0.476 e. The number of carbonyl (C=O) groups is 3. The molecule has 0 fully saturated rings. The van der Waals surface area contributed by atoms with Crippen molar-refractivity contribution < 1.29 is 29.7 Å². The SMILES string of the molecule is CN(N)C(=[Se])c1ccccc1.CN=NC(C(=O)CN(C)C(=[Se])c1ccccc1)=C(O)CN(C)C(=[Se])c1ccccc1.CNN=C(C(=O)O)C(=O)O. The Balaban J connectivity index is 0.000000503. The van der Waals surface area contributed by atoms with Crippen LogP contribution in [0.3, 0.4) is 0 Å². The van der Waals surface area contributed by atoms with Crippen molar-refractivity contribution in [2.75, 3.05) is 48.3 Å². The number of nitrogens with zero attached hydrogens (tertiary/aromatic N) is 6. The van der Waals surface area contributed by atoms with Crippen molar-refractivity contribution in [2.45, 2.75) is 0 Å². The third-order valence-electron chi connectivity index (χ3n) is 6.21. The first-order valence-electron chi connectivity index (χ1n) is 14.8. The number of aliphatic hydroxyl groups is 1. The molecule has 0 radical (unpaired) electrons. The average Bonchev–Trinajstić information content (AvgIpc) is 3.12. The third-order valence-corrected chi connectivity index (χ3v) is 9.61. The molecular formula is C34H40N8O6Se3. The summed E-state index contributed by atoms with van der Waals surface area (Å²) in [6.07, 6.45) is 0. The first-order chi connectivity index (χ1) is 24.2. The fraction of sp³-hybridized carbons (Fsp3) is 0.206. The second-order valence-electron chi connectivity index (χ2n) is 10.1. The van der Waals surface area contributed by atoms with Crippen LogP contribution < -0.4 is 11.3 Å². The van der Waals surface area contributed by atoms with Gasteiger partial charge in [0.05, 0.1) is 0 Å². The number of hydrazine groups is 1. The Hall–Kier alpha value is -4.59. The summed E-state index contributed by atoms with van der Waals surface area (Å²) < 4.78 is 2.63. The fourth-order valence-electron chi connectivity index (χ4n) is 3.79. The van der Waals surface area contributed by atoms with Crippen LogP contribution in [0.25, 0.3) is 0 Å². The molecule has 270 valence electrons. The van der Waals surface area contributed by atoms with E-state index in [9.17, 15) is 19.5 Å². The molecule has 17 heteroatoms. The first kappa shape index (κ1) is 44.4. The zero-order valence-electron chi connectivity index (χ0n) is 28.6. The zero-order valence-corrected chi connectivity index (χ0v) is 33.8. The van der Waals surface area contributed by atoms with Gasteiger partial charge in [-0.15, -0.1) is 0 Å². The molecule has 14 nitrogen and oxygen atoms in total. The number of ketones is 1. The molecule has 3 aromatic carbocycles. The molecule has 0 spiro atoms. The number of benzene rings is 3. The number of aliphatic carboxylic acids is 2. The van der Waals surface area contributed by atoms with Gasteiger partial charge in [0.15, 0.2) is 0 Å². The summed E-state index contributed by atoms with van der Waals surface area (Å²) in [7, 11) is 8.22. The molecule has 0 atom stereocenters. The summed E-state index contributed by atoms with van der Waals surface area (Å²) in [5, 5.41) is 39.1. The number of hydrazone groups is 1. The smallest absolute Gasteiger partial charge is 0.363 e. The van der Waals surface area contributed by atoms with Crippen LogP contribution in [0.4, 0.5) is 0 Å². The molecule has 0 bridgehead atoms. The third kappa shape index (κ3) is 15.9. The van der Waals surface area contributed by atoms with E-state index in [4.69, 9.17) is 16.1 Å². The number of azo groups is 1. The van der Waals surface area contributed by atoms with Crippen molar-refractivity contribution in [3.8, 4) is 0 Å². The van der Waals surface area contributed by atoms with E-state index in [1.54, 1.807) is 17.0 Å². The fourth-order valence-corrected chi connectivity index (χ4v) is 4.92. The number of rotatable bonds is 15. The predicted octanol–water partition coefficient (Wildman–Crippen LogP) is 0.834. The minimum atomic E-state index is -1.57. The molecule has 3 rings (SSSR count). The van der Waals surface area contributed by atoms with Gasteiger partial charge < -0.3 is 15.6 Å². The van der Waals surface area contributed by atoms with E-state index >= 15 is 0 Å². The molecule has 0 aliphatic heterocycles. The monoisotopic (exact) mass is 896 g/mol. The van der Waals surface area contributed by atoms with Gasteiger partial charge in [0.1, 0.15) is 0 Å². The number of carboxylic acid groups (broad SMARTS) is 2. The molecule has 51 heavy (non-hydrogen) atoms. The van der Waals surface area contributed by atoms with Crippen LogP contribution in [0.1, 0.15) is 16.7 Å². The number of hydrogen-bond donors (Lipinski definition) is 5. The normalized spacial score (nSPS) is 10.5. The van der Waals surface area contributed by atoms with Crippen LogP contribution in [-0.4, -0.2) is 162 Å². The second kappa shape index (κ2) is 23.7. The van der Waals surface area contributed by atoms with E-state index in [-0.39, 0.29) is 30.3 Å². The summed E-state index contributed by atoms with van der Waals surface area (Å²) in [5.41, 5.74) is 4.16. The number of likely N-dealkylation sites (N-methyl/N-ethyl adjacent to an activating group) is 2. The maximum atomic E-state index is 12.9. The van der Waals surface area contributed by atoms with Crippen LogP contribution in [0.15, 0.2) is 118 Å². The van der Waals surface area contributed by atoms with Crippen molar-refractivity contribution in [3.05, 3.63) is 119 Å². The Morgan fingerprint density at radius 1 is 0.686 bits per heavy atom. The van der Waals surface area contributed by atoms with Gasteiger partial charge in [0.25, 0.3) is 5.71 Å². The average molecular weight is 894 g/mol. The predicted molar refractivity (Wildman–Crippen MR) is 203 cm³/mol. The molecule has 6 N–H and O–H groups in total. The van der Waals surface area contributed by atoms with Crippen molar-refractivity contribution in [1.29, 1.82) is 0 Å². The maximum Gasteiger partial charge on any atom is 0.363 e. The summed E-state index contributed by atoms with van der Waals surface area (Å²) in [5.74, 6) is 1.94. The molecule has 0 aliphatic rings. The van der Waals surface area contributed by atoms with Gasteiger partial charge in [-0.2, -0.15) is 5.10 Å². The molecule has 0 amide bonds. The summed E-state index contributed by atoms with van der Waals surface area (Å²) >= 11 is 8.93. The van der Waals surface area contributed by atoms with Crippen molar-refractivity contribution in [1.82, 2.24) is 20.2 Å². The van der Waals surface area contributed by atoms with Gasteiger partial charge >= 0.3 is 279 Å². The van der Waals surface area contributed by atoms with Crippen LogP contribution in [-0.2, 0) is 14.4 Å². The number of nitrogens with two attached hydrogens (primary N) is 1. The van der Waals surface area contributed by atoms with Crippen LogP contribution in [0.5, 0.6) is 0 Å². The number of hydrogen-bond acceptors (Lipinski definition) is 12. The molecule has 0 saturated heterocycles. The Kier molecular flexibility index (Phi) is 20.7. The molecular weight excluding hydrogens is 853 g/mol. The number of carbonyl (C=O) groups excluding carboxylic acids is 1. The van der Waals surface area contributed by atoms with Crippen molar-refractivity contribution >= 4 is 83.8 Å². The van der Waals surface area contributed by atoms with Crippen molar-refractivity contribution in [3.63, 3.8) is 0 Å². The largest absolute Gasteiger partial charge is 0.476 e. The molecule has 3 aromatic rings. The van der Waals surface area contributed by atoms with Crippen LogP contribution in [0.2, 0.25) is 0 Å². The van der Waals surface area contributed by atoms with Gasteiger partial charge in [0, 0.05) is 7.05 Å². The Morgan fingerprint density at radius 2 is 1.06 bits per heavy atom. The summed E-state index contributed by atoms with van der Waals surface area (Å²) in [6.45, 7) is 0.168. The minimum absolute atomic E-state index is 0.0436. The topological polar surface area (TPSA) is 197 Å². The molecule has 0 aliphatic carbocycles. The molecule has 0 heterocycles. The quantitative estimate of drug-likeness (QED) is 0.0212. The van der Waals surface area contributed by atoms with Gasteiger partial charge in [-0.3, -0.25) is 0 Å². The molecule has 0 unspecified atom stereocenters. The molecule has 0 aromatic heterocycles. The van der Waals surface area contributed by atoms with Gasteiger partial charge in [0.2, 0.25) is 0 Å². The first-order valence-corrected chi connectivity index (χ1v) is 17.4. The number of carboxylic acids is 2. The number of nitrogens with one attached hydrogen (secondary N) is 1. The van der Waals surface area contributed by atoms with E-state index in [0.717, 1.165) is 30.3 Å². The number of Topliss-reactive ketones (excluding diaryl/α,β-unsaturated/α-hetero) is 1. The number of aliphatic hydroxyl groups excluding tert-OH is 1. The van der Waals surface area contributed by atoms with Gasteiger partial charge in [-0.1, -0.05) is 0 Å². The van der Waals surface area contributed by atoms with E-state index < -0.39 is 17.7 Å². The van der Waals surface area contributed by atoms with Gasteiger partial charge in [-0.25, -0.2) is 9.59 Å². The Morgan fingerprint density at radius 3 is 1.37 bits per heavy atom. The van der Waals surface area contributed by atoms with E-state index in [1.807, 2.05) is 110 Å². The summed E-state index contributed by atoms with van der Waals surface area (Å²) in [4.78, 5) is 36.4. The van der Waals surface area contributed by atoms with E-state index in [2.05, 4.69) is 67.5 Å². The zero-order chi connectivity index (χ0) is 38.5. The Bertz CT molecular complexity index is 1720. The standard InChI is InChI=1S/C22H24N4O2Se2.C8H10N2Se.C4H6N2O4/c1-23-24-20(18(27)14-25(2)21(29)16-10-6-4-7-11-16)19(28)15-26(3)22(30)17-12-8-5-9-13-17;1-10(9)8(11)7-5-3-2-4-6-7;1-5-6-2(3(7)8)4(9)10/h4-13,27H,14-15H2,1-3H3;2-6H,9H2,1H3;5H,1H3,(H,7,8)(H,9,10). The second-order valence-corrected chi connectivity index (χ2v) is 12.6. The van der Waals surface area contributed by atoms with Crippen molar-refractivity contribution in [2.24, 2.45) is 21.2 Å². The maximum absolute atomic E-state index is 12.9. The summed E-state index contributed by atoms with van der Waals surface area (Å²) in [6, 6.07) is 29.4. The van der Waals surface area contributed by atoms with Crippen LogP contribution in [0, 0.1) is 0 Å². The molecule has 0 saturated carbocycles. The van der Waals surface area contributed by atoms with E-state index in [1.165, 1.54) is 14.1 Å². The Labute approximate surface area is 320 Å². The van der Waals surface area contributed by atoms with Gasteiger partial charge in [-0.05, 0) is 0 Å². The van der Waals surface area contributed by atoms with Crippen LogP contribution >= 0.6 is 0 Å².